The SMILES string of the molecule is COCc1nocc1C(=O)Nc1ccnn1[C@H]1CCCc2ccccc21. The fraction of sp³-hybridized carbons (Fsp3) is 0.316. The number of anilines is 1. The lowest BCUT2D eigenvalue weighted by Crippen LogP contribution is -2.22. The highest BCUT2D eigenvalue weighted by atomic mass is 16.5. The quantitative estimate of drug-likeness (QED) is 0.762. The summed E-state index contributed by atoms with van der Waals surface area (Å²) in [7, 11) is 1.55. The predicted octanol–water partition coefficient (Wildman–Crippen LogP) is 3.20. The Kier molecular flexibility index (Phi) is 4.53. The Balaban J connectivity index is 1.60. The van der Waals surface area contributed by atoms with Crippen LogP contribution in [0.25, 0.3) is 0 Å². The molecular formula is C19H20N4O3. The summed E-state index contributed by atoms with van der Waals surface area (Å²) in [4.78, 5) is 12.6. The molecule has 0 saturated carbocycles. The smallest absolute Gasteiger partial charge is 0.262 e. The third kappa shape index (κ3) is 3.01. The number of benzene rings is 1. The van der Waals surface area contributed by atoms with E-state index in [0.29, 0.717) is 17.1 Å². The number of rotatable bonds is 5. The molecule has 0 aliphatic heterocycles. The zero-order chi connectivity index (χ0) is 17.9. The van der Waals surface area contributed by atoms with Crippen LogP contribution in [-0.4, -0.2) is 28.0 Å². The molecule has 7 nitrogen and oxygen atoms in total. The number of nitrogens with zero attached hydrogens (tertiary/aromatic N) is 3. The van der Waals surface area contributed by atoms with Gasteiger partial charge in [-0.15, -0.1) is 0 Å². The molecule has 26 heavy (non-hydrogen) atoms. The highest BCUT2D eigenvalue weighted by Crippen LogP contribution is 2.34. The summed E-state index contributed by atoms with van der Waals surface area (Å²) in [6, 6.07) is 10.3. The zero-order valence-corrected chi connectivity index (χ0v) is 14.5. The molecule has 134 valence electrons. The number of hydrogen-bond donors (Lipinski definition) is 1. The first-order chi connectivity index (χ1) is 12.8. The molecular weight excluding hydrogens is 332 g/mol. The van der Waals surface area contributed by atoms with Crippen LogP contribution >= 0.6 is 0 Å². The lowest BCUT2D eigenvalue weighted by atomic mass is 9.88. The highest BCUT2D eigenvalue weighted by molar-refractivity contribution is 6.04. The maximum atomic E-state index is 12.6. The molecule has 1 aromatic carbocycles. The Morgan fingerprint density at radius 3 is 3.15 bits per heavy atom. The van der Waals surface area contributed by atoms with E-state index in [1.165, 1.54) is 17.4 Å². The molecule has 1 N–H and O–H groups in total. The summed E-state index contributed by atoms with van der Waals surface area (Å²) in [5, 5.41) is 11.2. The molecule has 1 amide bonds. The normalized spacial score (nSPS) is 16.3. The van der Waals surface area contributed by atoms with Gasteiger partial charge in [0, 0.05) is 13.2 Å². The molecule has 1 atom stereocenters. The minimum Gasteiger partial charge on any atom is -0.378 e. The second-order valence-corrected chi connectivity index (χ2v) is 6.33. The summed E-state index contributed by atoms with van der Waals surface area (Å²) in [6.07, 6.45) is 6.20. The van der Waals surface area contributed by atoms with E-state index in [1.807, 2.05) is 10.7 Å². The summed E-state index contributed by atoms with van der Waals surface area (Å²) in [5.74, 6) is 0.366. The third-order valence-corrected chi connectivity index (χ3v) is 4.71. The molecule has 0 radical (unpaired) electrons. The van der Waals surface area contributed by atoms with Gasteiger partial charge >= 0.3 is 0 Å². The molecule has 7 heteroatoms. The Morgan fingerprint density at radius 2 is 2.27 bits per heavy atom. The van der Waals surface area contributed by atoms with Crippen molar-refractivity contribution in [3.63, 3.8) is 0 Å². The number of aromatic nitrogens is 3. The van der Waals surface area contributed by atoms with Crippen molar-refractivity contribution in [3.8, 4) is 0 Å². The average molecular weight is 352 g/mol. The number of hydrogen-bond acceptors (Lipinski definition) is 5. The number of carbonyl (C=O) groups is 1. The number of amides is 1. The summed E-state index contributed by atoms with van der Waals surface area (Å²) >= 11 is 0. The monoisotopic (exact) mass is 352 g/mol. The fourth-order valence-electron chi connectivity index (χ4n) is 3.51. The average Bonchev–Trinajstić information content (AvgIpc) is 3.31. The van der Waals surface area contributed by atoms with Crippen LogP contribution < -0.4 is 5.32 Å². The van der Waals surface area contributed by atoms with Crippen LogP contribution in [-0.2, 0) is 17.8 Å². The number of ether oxygens (including phenoxy) is 1. The van der Waals surface area contributed by atoms with Gasteiger partial charge in [-0.2, -0.15) is 5.10 Å². The summed E-state index contributed by atoms with van der Waals surface area (Å²) in [5.41, 5.74) is 3.45. The lowest BCUT2D eigenvalue weighted by Gasteiger charge is -2.27. The van der Waals surface area contributed by atoms with E-state index in [1.54, 1.807) is 19.4 Å². The molecule has 1 aliphatic carbocycles. The Labute approximate surface area is 150 Å². The Hall–Kier alpha value is -2.93. The van der Waals surface area contributed by atoms with Crippen molar-refractivity contribution in [2.45, 2.75) is 31.9 Å². The Morgan fingerprint density at radius 1 is 1.38 bits per heavy atom. The molecule has 4 rings (SSSR count). The third-order valence-electron chi connectivity index (χ3n) is 4.71. The molecule has 0 saturated heterocycles. The van der Waals surface area contributed by atoms with Gasteiger partial charge < -0.3 is 14.6 Å². The minimum atomic E-state index is -0.288. The maximum absolute atomic E-state index is 12.6. The number of methoxy groups -OCH3 is 1. The predicted molar refractivity (Wildman–Crippen MR) is 94.9 cm³/mol. The first kappa shape index (κ1) is 16.5. The lowest BCUT2D eigenvalue weighted by molar-refractivity contribution is 0.102. The molecule has 2 aromatic heterocycles. The van der Waals surface area contributed by atoms with Crippen molar-refractivity contribution < 1.29 is 14.1 Å². The van der Waals surface area contributed by atoms with Crippen LogP contribution in [0.3, 0.4) is 0 Å². The van der Waals surface area contributed by atoms with Crippen LogP contribution in [0.2, 0.25) is 0 Å². The molecule has 2 heterocycles. The van der Waals surface area contributed by atoms with Gasteiger partial charge in [0.25, 0.3) is 5.91 Å². The Bertz CT molecular complexity index is 915. The fourth-order valence-corrected chi connectivity index (χ4v) is 3.51. The van der Waals surface area contributed by atoms with Crippen LogP contribution in [0.4, 0.5) is 5.82 Å². The van der Waals surface area contributed by atoms with Gasteiger partial charge in [-0.1, -0.05) is 29.4 Å². The largest absolute Gasteiger partial charge is 0.378 e. The minimum absolute atomic E-state index is 0.117. The van der Waals surface area contributed by atoms with E-state index in [2.05, 4.69) is 33.8 Å². The van der Waals surface area contributed by atoms with Crippen molar-refractivity contribution in [1.29, 1.82) is 0 Å². The van der Waals surface area contributed by atoms with Gasteiger partial charge in [-0.3, -0.25) is 4.79 Å². The van der Waals surface area contributed by atoms with Gasteiger partial charge in [-0.05, 0) is 30.4 Å². The second kappa shape index (κ2) is 7.13. The topological polar surface area (TPSA) is 82.2 Å². The van der Waals surface area contributed by atoms with E-state index in [9.17, 15) is 4.79 Å². The standard InChI is InChI=1S/C19H20N4O3/c1-25-12-16-15(11-26-22-16)19(24)21-18-9-10-20-23(18)17-8-4-6-13-5-2-3-7-14(13)17/h2-3,5,7,9-11,17H,4,6,8,12H2,1H3,(H,21,24)/t17-/m0/s1. The van der Waals surface area contributed by atoms with Gasteiger partial charge in [0.2, 0.25) is 0 Å². The van der Waals surface area contributed by atoms with E-state index in [-0.39, 0.29) is 18.6 Å². The molecule has 0 spiro atoms. The van der Waals surface area contributed by atoms with Gasteiger partial charge in [0.1, 0.15) is 23.3 Å². The van der Waals surface area contributed by atoms with Crippen LogP contribution in [0.5, 0.6) is 0 Å². The van der Waals surface area contributed by atoms with E-state index < -0.39 is 0 Å². The zero-order valence-electron chi connectivity index (χ0n) is 14.5. The first-order valence-electron chi connectivity index (χ1n) is 8.62. The summed E-state index contributed by atoms with van der Waals surface area (Å²) < 4.78 is 11.9. The van der Waals surface area contributed by atoms with Crippen LogP contribution in [0.1, 0.15) is 46.1 Å². The van der Waals surface area contributed by atoms with E-state index in [4.69, 9.17) is 9.26 Å². The van der Waals surface area contributed by atoms with Gasteiger partial charge in [0.15, 0.2) is 0 Å². The van der Waals surface area contributed by atoms with Gasteiger partial charge in [-0.25, -0.2) is 4.68 Å². The first-order valence-corrected chi connectivity index (χ1v) is 8.62. The summed E-state index contributed by atoms with van der Waals surface area (Å²) in [6.45, 7) is 0.217. The van der Waals surface area contributed by atoms with Crippen LogP contribution in [0.15, 0.2) is 47.3 Å². The number of nitrogens with one attached hydrogen (secondary N) is 1. The van der Waals surface area contributed by atoms with Crippen molar-refractivity contribution in [1.82, 2.24) is 14.9 Å². The van der Waals surface area contributed by atoms with Crippen molar-refractivity contribution in [3.05, 3.63) is 65.2 Å². The number of aryl methyl sites for hydroxylation is 1. The maximum Gasteiger partial charge on any atom is 0.262 e. The highest BCUT2D eigenvalue weighted by Gasteiger charge is 2.25. The van der Waals surface area contributed by atoms with Gasteiger partial charge in [0.05, 0.1) is 18.8 Å². The number of fused-ring (bicyclic) bond motifs is 1. The number of carbonyl (C=O) groups excluding carboxylic acids is 1. The van der Waals surface area contributed by atoms with E-state index in [0.717, 1.165) is 19.3 Å². The second-order valence-electron chi connectivity index (χ2n) is 6.33. The molecule has 1 aliphatic rings. The molecule has 3 aromatic rings. The van der Waals surface area contributed by atoms with E-state index >= 15 is 0 Å². The van der Waals surface area contributed by atoms with Crippen molar-refractivity contribution in [2.24, 2.45) is 0 Å². The van der Waals surface area contributed by atoms with Crippen LogP contribution in [0, 0.1) is 0 Å². The molecule has 0 unspecified atom stereocenters. The molecule has 0 bridgehead atoms. The molecule has 0 fully saturated rings. The van der Waals surface area contributed by atoms with Crippen molar-refractivity contribution in [2.75, 3.05) is 12.4 Å². The van der Waals surface area contributed by atoms with Crippen molar-refractivity contribution >= 4 is 11.7 Å².